The molecule has 0 saturated carbocycles. The molecule has 4 rings (SSSR count). The van der Waals surface area contributed by atoms with E-state index in [1.54, 1.807) is 6.07 Å². The summed E-state index contributed by atoms with van der Waals surface area (Å²) in [5.41, 5.74) is 0. The predicted molar refractivity (Wildman–Crippen MR) is 89.8 cm³/mol. The van der Waals surface area contributed by atoms with Crippen molar-refractivity contribution in [3.05, 3.63) is 40.4 Å². The van der Waals surface area contributed by atoms with Gasteiger partial charge in [0, 0.05) is 36.5 Å². The maximum Gasteiger partial charge on any atom is 0.289 e. The van der Waals surface area contributed by atoms with Crippen molar-refractivity contribution in [3.8, 4) is 0 Å². The lowest BCUT2D eigenvalue weighted by Crippen LogP contribution is -2.44. The molecular formula is C17H21N3O3S. The number of fused-ring (bicyclic) bond motifs is 1. The molecule has 24 heavy (non-hydrogen) atoms. The van der Waals surface area contributed by atoms with E-state index < -0.39 is 0 Å². The molecule has 0 radical (unpaired) electrons. The van der Waals surface area contributed by atoms with Crippen molar-refractivity contribution in [2.24, 2.45) is 11.8 Å². The topological polar surface area (TPSA) is 67.6 Å². The van der Waals surface area contributed by atoms with Crippen LogP contribution in [0.3, 0.4) is 0 Å². The van der Waals surface area contributed by atoms with E-state index in [2.05, 4.69) is 32.9 Å². The van der Waals surface area contributed by atoms with Crippen LogP contribution in [0.25, 0.3) is 0 Å². The van der Waals surface area contributed by atoms with Gasteiger partial charge in [-0.1, -0.05) is 11.2 Å². The highest BCUT2D eigenvalue weighted by atomic mass is 32.1. The molecule has 128 valence electrons. The quantitative estimate of drug-likeness (QED) is 0.896. The molecule has 2 aromatic rings. The summed E-state index contributed by atoms with van der Waals surface area (Å²) in [6.07, 6.45) is 2.72. The Bertz CT molecular complexity index is 659. The second kappa shape index (κ2) is 7.04. The number of likely N-dealkylation sites (tertiary alicyclic amines) is 1. The Balaban J connectivity index is 1.32. The summed E-state index contributed by atoms with van der Waals surface area (Å²) < 4.78 is 10.8. The van der Waals surface area contributed by atoms with Crippen molar-refractivity contribution in [2.75, 3.05) is 26.2 Å². The third kappa shape index (κ3) is 3.38. The predicted octanol–water partition coefficient (Wildman–Crippen LogP) is 2.00. The van der Waals surface area contributed by atoms with Gasteiger partial charge in [0.1, 0.15) is 0 Å². The van der Waals surface area contributed by atoms with Crippen molar-refractivity contribution >= 4 is 17.2 Å². The Kier molecular flexibility index (Phi) is 4.64. The minimum atomic E-state index is -0.231. The van der Waals surface area contributed by atoms with Gasteiger partial charge in [-0.05, 0) is 30.3 Å². The van der Waals surface area contributed by atoms with Gasteiger partial charge in [-0.15, -0.1) is 11.3 Å². The van der Waals surface area contributed by atoms with E-state index in [-0.39, 0.29) is 17.8 Å². The van der Waals surface area contributed by atoms with Crippen LogP contribution in [0.15, 0.2) is 34.3 Å². The van der Waals surface area contributed by atoms with Gasteiger partial charge in [-0.3, -0.25) is 9.69 Å². The number of carbonyl (C=O) groups is 1. The van der Waals surface area contributed by atoms with Crippen LogP contribution in [0.4, 0.5) is 0 Å². The van der Waals surface area contributed by atoms with Crippen molar-refractivity contribution in [3.63, 3.8) is 0 Å². The number of piperidine rings is 1. The number of hydrogen-bond acceptors (Lipinski definition) is 6. The van der Waals surface area contributed by atoms with Crippen LogP contribution in [0.1, 0.15) is 21.9 Å². The van der Waals surface area contributed by atoms with Crippen molar-refractivity contribution in [1.29, 1.82) is 0 Å². The summed E-state index contributed by atoms with van der Waals surface area (Å²) in [6.45, 7) is 4.50. The number of nitrogens with zero attached hydrogens (tertiary/aromatic N) is 2. The largest absolute Gasteiger partial charge is 0.376 e. The molecule has 0 aromatic carbocycles. The van der Waals surface area contributed by atoms with E-state index in [4.69, 9.17) is 9.26 Å². The molecular weight excluding hydrogens is 326 g/mol. The average Bonchev–Trinajstić information content (AvgIpc) is 3.34. The summed E-state index contributed by atoms with van der Waals surface area (Å²) in [5, 5.41) is 8.60. The van der Waals surface area contributed by atoms with E-state index in [0.717, 1.165) is 26.2 Å². The molecule has 7 heteroatoms. The fourth-order valence-electron chi connectivity index (χ4n) is 3.69. The maximum atomic E-state index is 12.0. The van der Waals surface area contributed by atoms with Gasteiger partial charge in [0.2, 0.25) is 5.76 Å². The van der Waals surface area contributed by atoms with Crippen LogP contribution in [-0.2, 0) is 11.3 Å². The molecule has 0 bridgehead atoms. The van der Waals surface area contributed by atoms with Crippen LogP contribution in [0, 0.1) is 11.8 Å². The zero-order chi connectivity index (χ0) is 16.4. The molecule has 2 aliphatic heterocycles. The molecule has 2 fully saturated rings. The zero-order valence-corrected chi connectivity index (χ0v) is 14.2. The SMILES string of the molecule is O=C(NC[C@@H]1OC[C@H]2CCN(Cc3cccs3)C[C@H]21)c1ccno1. The number of hydrogen-bond donors (Lipinski definition) is 1. The van der Waals surface area contributed by atoms with Crippen molar-refractivity contribution in [2.45, 2.75) is 19.1 Å². The molecule has 2 aliphatic rings. The number of thiophene rings is 1. The summed E-state index contributed by atoms with van der Waals surface area (Å²) in [7, 11) is 0. The second-order valence-corrected chi connectivity index (χ2v) is 7.52. The summed E-state index contributed by atoms with van der Waals surface area (Å²) in [6, 6.07) is 5.86. The van der Waals surface area contributed by atoms with Gasteiger partial charge < -0.3 is 14.6 Å². The zero-order valence-electron chi connectivity index (χ0n) is 13.4. The molecule has 0 aliphatic carbocycles. The van der Waals surface area contributed by atoms with E-state index >= 15 is 0 Å². The molecule has 6 nitrogen and oxygen atoms in total. The number of carbonyl (C=O) groups excluding carboxylic acids is 1. The highest BCUT2D eigenvalue weighted by Crippen LogP contribution is 2.34. The number of ether oxygens (including phenoxy) is 1. The normalized spacial score (nSPS) is 27.1. The van der Waals surface area contributed by atoms with Gasteiger partial charge in [0.15, 0.2) is 0 Å². The third-order valence-electron chi connectivity index (χ3n) is 4.98. The first kappa shape index (κ1) is 15.8. The minimum absolute atomic E-state index is 0.0769. The lowest BCUT2D eigenvalue weighted by Gasteiger charge is -2.35. The summed E-state index contributed by atoms with van der Waals surface area (Å²) in [4.78, 5) is 15.9. The summed E-state index contributed by atoms with van der Waals surface area (Å²) in [5.74, 6) is 1.10. The minimum Gasteiger partial charge on any atom is -0.376 e. The molecule has 2 saturated heterocycles. The van der Waals surface area contributed by atoms with Crippen molar-refractivity contribution < 1.29 is 14.1 Å². The standard InChI is InChI=1S/C17H21N3O3S/c21-17(15-3-5-19-23-15)18-8-16-14-10-20(6-4-12(14)11-22-16)9-13-2-1-7-24-13/h1-3,5,7,12,14,16H,4,6,8-11H2,(H,18,21)/t12-,14-,16+/m1/s1. The number of nitrogens with one attached hydrogen (secondary N) is 1. The van der Waals surface area contributed by atoms with Crippen LogP contribution in [0.5, 0.6) is 0 Å². The van der Waals surface area contributed by atoms with Crippen LogP contribution < -0.4 is 5.32 Å². The number of amides is 1. The van der Waals surface area contributed by atoms with Gasteiger partial charge in [-0.2, -0.15) is 0 Å². The molecule has 2 aromatic heterocycles. The van der Waals surface area contributed by atoms with Crippen LogP contribution in [0.2, 0.25) is 0 Å². The Morgan fingerprint density at radius 2 is 2.42 bits per heavy atom. The van der Waals surface area contributed by atoms with Gasteiger partial charge in [0.05, 0.1) is 18.9 Å². The first-order chi connectivity index (χ1) is 11.8. The van der Waals surface area contributed by atoms with Crippen LogP contribution in [-0.4, -0.2) is 48.3 Å². The Labute approximate surface area is 144 Å². The van der Waals surface area contributed by atoms with E-state index in [1.807, 2.05) is 11.3 Å². The molecule has 1 amide bonds. The average molecular weight is 347 g/mol. The first-order valence-electron chi connectivity index (χ1n) is 8.35. The van der Waals surface area contributed by atoms with E-state index in [1.165, 1.54) is 17.5 Å². The van der Waals surface area contributed by atoms with Crippen LogP contribution >= 0.6 is 11.3 Å². The Morgan fingerprint density at radius 1 is 1.46 bits per heavy atom. The molecule has 0 unspecified atom stereocenters. The fraction of sp³-hybridized carbons (Fsp3) is 0.529. The molecule has 4 heterocycles. The van der Waals surface area contributed by atoms with E-state index in [0.29, 0.717) is 18.4 Å². The Morgan fingerprint density at radius 3 is 3.21 bits per heavy atom. The highest BCUT2D eigenvalue weighted by molar-refractivity contribution is 7.09. The lowest BCUT2D eigenvalue weighted by molar-refractivity contribution is 0.0666. The summed E-state index contributed by atoms with van der Waals surface area (Å²) >= 11 is 1.81. The van der Waals surface area contributed by atoms with Gasteiger partial charge in [0.25, 0.3) is 5.91 Å². The molecule has 0 spiro atoms. The molecule has 1 N–H and O–H groups in total. The Hall–Kier alpha value is -1.70. The second-order valence-electron chi connectivity index (χ2n) is 6.49. The smallest absolute Gasteiger partial charge is 0.289 e. The van der Waals surface area contributed by atoms with Crippen molar-refractivity contribution in [1.82, 2.24) is 15.4 Å². The number of rotatable bonds is 5. The first-order valence-corrected chi connectivity index (χ1v) is 9.23. The highest BCUT2D eigenvalue weighted by Gasteiger charge is 2.40. The van der Waals surface area contributed by atoms with Gasteiger partial charge >= 0.3 is 0 Å². The third-order valence-corrected chi connectivity index (χ3v) is 5.84. The monoisotopic (exact) mass is 347 g/mol. The molecule has 3 atom stereocenters. The van der Waals surface area contributed by atoms with E-state index in [9.17, 15) is 4.79 Å². The maximum absolute atomic E-state index is 12.0. The fourth-order valence-corrected chi connectivity index (χ4v) is 4.44. The number of aromatic nitrogens is 1. The van der Waals surface area contributed by atoms with Gasteiger partial charge in [-0.25, -0.2) is 0 Å². The lowest BCUT2D eigenvalue weighted by atomic mass is 9.84.